The number of nitrogens with zero attached hydrogens (tertiary/aromatic N) is 1. The summed E-state index contributed by atoms with van der Waals surface area (Å²) in [6, 6.07) is 5.32. The molecule has 1 heterocycles. The van der Waals surface area contributed by atoms with Crippen molar-refractivity contribution < 1.29 is 27.4 Å². The fourth-order valence-electron chi connectivity index (χ4n) is 3.05. The largest absolute Gasteiger partial charge is 0.573 e. The third kappa shape index (κ3) is 7.61. The van der Waals surface area contributed by atoms with Gasteiger partial charge in [-0.25, -0.2) is 0 Å². The zero-order chi connectivity index (χ0) is 19.2. The first-order valence-electron chi connectivity index (χ1n) is 8.70. The predicted octanol–water partition coefficient (Wildman–Crippen LogP) is 2.74. The molecule has 0 saturated carbocycles. The van der Waals surface area contributed by atoms with Crippen LogP contribution in [0.5, 0.6) is 5.75 Å². The average Bonchev–Trinajstić information content (AvgIpc) is 2.51. The number of hydrogen-bond donors (Lipinski definition) is 1. The molecular formula is C18H25F3N2O3. The number of halogens is 3. The summed E-state index contributed by atoms with van der Waals surface area (Å²) in [6.45, 7) is 7.34. The number of benzene rings is 1. The van der Waals surface area contributed by atoms with Crippen LogP contribution >= 0.6 is 0 Å². The third-order valence-electron chi connectivity index (χ3n) is 3.99. The number of hydrogen-bond acceptors (Lipinski definition) is 4. The van der Waals surface area contributed by atoms with Gasteiger partial charge < -0.3 is 14.8 Å². The van der Waals surface area contributed by atoms with Gasteiger partial charge in [0.15, 0.2) is 0 Å². The van der Waals surface area contributed by atoms with Gasteiger partial charge in [0.05, 0.1) is 18.6 Å². The second-order valence-corrected chi connectivity index (χ2v) is 6.59. The predicted molar refractivity (Wildman–Crippen MR) is 90.9 cm³/mol. The van der Waals surface area contributed by atoms with E-state index in [0.29, 0.717) is 12.1 Å². The maximum absolute atomic E-state index is 12.1. The highest BCUT2D eigenvalue weighted by Gasteiger charge is 2.31. The molecular weight excluding hydrogens is 349 g/mol. The molecule has 1 N–H and O–H groups in total. The molecule has 1 amide bonds. The Kier molecular flexibility index (Phi) is 7.28. The van der Waals surface area contributed by atoms with E-state index >= 15 is 0 Å². The van der Waals surface area contributed by atoms with Crippen LogP contribution in [0.25, 0.3) is 0 Å². The second kappa shape index (κ2) is 9.23. The zero-order valence-electron chi connectivity index (χ0n) is 15.0. The van der Waals surface area contributed by atoms with Crippen molar-refractivity contribution in [2.75, 3.05) is 26.2 Å². The van der Waals surface area contributed by atoms with Gasteiger partial charge in [0.25, 0.3) is 0 Å². The Morgan fingerprint density at radius 3 is 2.42 bits per heavy atom. The number of carbonyl (C=O) groups is 1. The van der Waals surface area contributed by atoms with Gasteiger partial charge in [0, 0.05) is 26.2 Å². The normalized spacial score (nSPS) is 21.4. The number of ether oxygens (including phenoxy) is 2. The fourth-order valence-corrected chi connectivity index (χ4v) is 3.05. The van der Waals surface area contributed by atoms with Gasteiger partial charge in [-0.05, 0) is 38.0 Å². The van der Waals surface area contributed by atoms with Crippen molar-refractivity contribution in [1.29, 1.82) is 0 Å². The van der Waals surface area contributed by atoms with Crippen molar-refractivity contribution in [2.24, 2.45) is 0 Å². The molecule has 2 atom stereocenters. The van der Waals surface area contributed by atoms with Crippen LogP contribution in [0.1, 0.15) is 25.8 Å². The summed E-state index contributed by atoms with van der Waals surface area (Å²) in [5.74, 6) is -0.450. The van der Waals surface area contributed by atoms with Crippen LogP contribution in [-0.4, -0.2) is 55.6 Å². The van der Waals surface area contributed by atoms with Crippen LogP contribution in [0, 0.1) is 0 Å². The Morgan fingerprint density at radius 1 is 1.23 bits per heavy atom. The molecule has 1 aromatic rings. The molecule has 8 heteroatoms. The molecule has 0 bridgehead atoms. The smallest absolute Gasteiger partial charge is 0.406 e. The van der Waals surface area contributed by atoms with E-state index in [9.17, 15) is 18.0 Å². The van der Waals surface area contributed by atoms with Crippen molar-refractivity contribution in [2.45, 2.75) is 45.3 Å². The Balaban J connectivity index is 1.65. The molecule has 0 aromatic heterocycles. The van der Waals surface area contributed by atoms with E-state index in [1.165, 1.54) is 24.3 Å². The van der Waals surface area contributed by atoms with Crippen LogP contribution in [0.4, 0.5) is 13.2 Å². The molecule has 0 unspecified atom stereocenters. The minimum absolute atomic E-state index is 0.123. The van der Waals surface area contributed by atoms with Crippen molar-refractivity contribution in [1.82, 2.24) is 10.2 Å². The first-order valence-corrected chi connectivity index (χ1v) is 8.70. The van der Waals surface area contributed by atoms with Crippen LogP contribution in [0.15, 0.2) is 24.3 Å². The second-order valence-electron chi connectivity index (χ2n) is 6.59. The number of alkyl halides is 3. The Labute approximate surface area is 151 Å². The molecule has 5 nitrogen and oxygen atoms in total. The van der Waals surface area contributed by atoms with E-state index in [2.05, 4.69) is 28.8 Å². The number of nitrogens with one attached hydrogen (secondary N) is 1. The summed E-state index contributed by atoms with van der Waals surface area (Å²) in [7, 11) is 0. The lowest BCUT2D eigenvalue weighted by atomic mass is 10.1. The molecule has 26 heavy (non-hydrogen) atoms. The van der Waals surface area contributed by atoms with Crippen LogP contribution < -0.4 is 10.1 Å². The Morgan fingerprint density at radius 2 is 1.85 bits per heavy atom. The topological polar surface area (TPSA) is 50.8 Å². The summed E-state index contributed by atoms with van der Waals surface area (Å²) in [4.78, 5) is 14.2. The highest BCUT2D eigenvalue weighted by atomic mass is 19.4. The zero-order valence-corrected chi connectivity index (χ0v) is 15.0. The molecule has 1 saturated heterocycles. The Hall–Kier alpha value is -1.80. The van der Waals surface area contributed by atoms with Crippen molar-refractivity contribution in [3.63, 3.8) is 0 Å². The van der Waals surface area contributed by atoms with Crippen LogP contribution in [0.3, 0.4) is 0 Å². The quantitative estimate of drug-likeness (QED) is 0.746. The third-order valence-corrected chi connectivity index (χ3v) is 3.99. The molecule has 2 rings (SSSR count). The van der Waals surface area contributed by atoms with Gasteiger partial charge in [-0.3, -0.25) is 9.69 Å². The number of carbonyl (C=O) groups excluding carboxylic acids is 1. The molecule has 146 valence electrons. The Bertz CT molecular complexity index is 568. The highest BCUT2D eigenvalue weighted by molar-refractivity contribution is 5.78. The van der Waals surface area contributed by atoms with Gasteiger partial charge >= 0.3 is 6.36 Å². The van der Waals surface area contributed by atoms with E-state index in [1.807, 2.05) is 0 Å². The number of amides is 1. The van der Waals surface area contributed by atoms with E-state index in [4.69, 9.17) is 4.74 Å². The first-order chi connectivity index (χ1) is 12.2. The van der Waals surface area contributed by atoms with E-state index < -0.39 is 6.36 Å². The maximum Gasteiger partial charge on any atom is 0.573 e. The van der Waals surface area contributed by atoms with E-state index in [-0.39, 0.29) is 30.3 Å². The monoisotopic (exact) mass is 374 g/mol. The van der Waals surface area contributed by atoms with Gasteiger partial charge in [0.1, 0.15) is 5.75 Å². The van der Waals surface area contributed by atoms with Gasteiger partial charge in [-0.2, -0.15) is 0 Å². The SMILES string of the molecule is C[C@H]1CN(CCCNC(=O)Cc2ccc(OC(F)(F)F)cc2)C[C@H](C)O1. The van der Waals surface area contributed by atoms with Gasteiger partial charge in [-0.1, -0.05) is 12.1 Å². The van der Waals surface area contributed by atoms with Crippen molar-refractivity contribution in [3.05, 3.63) is 29.8 Å². The van der Waals surface area contributed by atoms with Crippen LogP contribution in [0.2, 0.25) is 0 Å². The minimum Gasteiger partial charge on any atom is -0.406 e. The first kappa shape index (κ1) is 20.5. The number of rotatable bonds is 7. The lowest BCUT2D eigenvalue weighted by Crippen LogP contribution is -2.46. The lowest BCUT2D eigenvalue weighted by Gasteiger charge is -2.35. The number of morpholine rings is 1. The summed E-state index contributed by atoms with van der Waals surface area (Å²) in [5, 5.41) is 2.84. The minimum atomic E-state index is -4.71. The van der Waals surface area contributed by atoms with E-state index in [1.54, 1.807) is 0 Å². The summed E-state index contributed by atoms with van der Waals surface area (Å²) >= 11 is 0. The highest BCUT2D eigenvalue weighted by Crippen LogP contribution is 2.22. The summed E-state index contributed by atoms with van der Waals surface area (Å²) < 4.78 is 45.8. The van der Waals surface area contributed by atoms with Crippen molar-refractivity contribution >= 4 is 5.91 Å². The molecule has 1 aliphatic heterocycles. The fraction of sp³-hybridized carbons (Fsp3) is 0.611. The molecule has 1 aliphatic rings. The molecule has 0 spiro atoms. The molecule has 0 radical (unpaired) electrons. The van der Waals surface area contributed by atoms with Crippen molar-refractivity contribution in [3.8, 4) is 5.75 Å². The van der Waals surface area contributed by atoms with E-state index in [0.717, 1.165) is 26.1 Å². The standard InChI is InChI=1S/C18H25F3N2O3/c1-13-11-23(12-14(2)25-13)9-3-8-22-17(24)10-15-4-6-16(7-5-15)26-18(19,20)21/h4-7,13-14H,3,8-12H2,1-2H3,(H,22,24)/t13-,14-/m0/s1. The lowest BCUT2D eigenvalue weighted by molar-refractivity contribution is -0.274. The average molecular weight is 374 g/mol. The summed E-state index contributed by atoms with van der Waals surface area (Å²) in [6.07, 6.45) is -3.31. The molecule has 0 aliphatic carbocycles. The molecule has 1 fully saturated rings. The van der Waals surface area contributed by atoms with Gasteiger partial charge in [-0.15, -0.1) is 13.2 Å². The molecule has 1 aromatic carbocycles. The van der Waals surface area contributed by atoms with Crippen LogP contribution in [-0.2, 0) is 16.0 Å². The van der Waals surface area contributed by atoms with Gasteiger partial charge in [0.2, 0.25) is 5.91 Å². The summed E-state index contributed by atoms with van der Waals surface area (Å²) in [5.41, 5.74) is 0.632. The maximum atomic E-state index is 12.1.